The molecule has 0 saturated heterocycles. The Kier molecular flexibility index (Phi) is 4.52. The van der Waals surface area contributed by atoms with E-state index in [1.165, 1.54) is 25.3 Å². The molecular weight excluding hydrogens is 328 g/mol. The van der Waals surface area contributed by atoms with Crippen molar-refractivity contribution in [2.24, 2.45) is 0 Å². The third-order valence-electron chi connectivity index (χ3n) is 2.53. The van der Waals surface area contributed by atoms with Gasteiger partial charge in [-0.05, 0) is 11.6 Å². The van der Waals surface area contributed by atoms with E-state index in [0.29, 0.717) is 11.1 Å². The lowest BCUT2D eigenvalue weighted by Crippen LogP contribution is -1.96. The molecule has 7 heteroatoms. The third kappa shape index (κ3) is 3.24. The summed E-state index contributed by atoms with van der Waals surface area (Å²) < 4.78 is 10.5. The van der Waals surface area contributed by atoms with Crippen LogP contribution in [0.1, 0.15) is 5.56 Å². The summed E-state index contributed by atoms with van der Waals surface area (Å²) in [4.78, 5) is 14.5. The Bertz CT molecular complexity index is 616. The van der Waals surface area contributed by atoms with Crippen molar-refractivity contribution in [2.45, 2.75) is 5.33 Å². The minimum atomic E-state index is -0.512. The largest absolute Gasteiger partial charge is 0.497 e. The Labute approximate surface area is 123 Å². The quantitative estimate of drug-likeness (QED) is 0.472. The summed E-state index contributed by atoms with van der Waals surface area (Å²) in [5.74, 6) is 0.849. The van der Waals surface area contributed by atoms with Gasteiger partial charge in [-0.2, -0.15) is 0 Å². The van der Waals surface area contributed by atoms with Crippen LogP contribution in [-0.2, 0) is 5.33 Å². The number of alkyl halides is 1. The maximum Gasteiger partial charge on any atom is 0.311 e. The fourth-order valence-corrected chi connectivity index (χ4v) is 1.85. The van der Waals surface area contributed by atoms with Crippen LogP contribution in [0, 0.1) is 10.1 Å². The SMILES string of the molecule is COc1ccc([N+](=O)[O-])c(Oc2ccc(CBr)cn2)c1. The van der Waals surface area contributed by atoms with E-state index in [1.54, 1.807) is 12.3 Å². The van der Waals surface area contributed by atoms with Crippen molar-refractivity contribution < 1.29 is 14.4 Å². The summed E-state index contributed by atoms with van der Waals surface area (Å²) in [5.41, 5.74) is 0.842. The zero-order valence-corrected chi connectivity index (χ0v) is 12.2. The number of aromatic nitrogens is 1. The Morgan fingerprint density at radius 3 is 2.70 bits per heavy atom. The van der Waals surface area contributed by atoms with Crippen molar-refractivity contribution in [2.75, 3.05) is 7.11 Å². The molecule has 0 bridgehead atoms. The molecule has 0 unspecified atom stereocenters. The van der Waals surface area contributed by atoms with Crippen molar-refractivity contribution in [3.05, 3.63) is 52.2 Å². The molecule has 20 heavy (non-hydrogen) atoms. The predicted octanol–water partition coefficient (Wildman–Crippen LogP) is 3.69. The van der Waals surface area contributed by atoms with Gasteiger partial charge >= 0.3 is 5.69 Å². The highest BCUT2D eigenvalue weighted by Crippen LogP contribution is 2.33. The second-order valence-electron chi connectivity index (χ2n) is 3.83. The second kappa shape index (κ2) is 6.33. The molecule has 0 atom stereocenters. The van der Waals surface area contributed by atoms with Crippen LogP contribution in [0.5, 0.6) is 17.4 Å². The first kappa shape index (κ1) is 14.3. The van der Waals surface area contributed by atoms with Gasteiger partial charge in [0.2, 0.25) is 11.6 Å². The molecular formula is C13H11BrN2O4. The maximum absolute atomic E-state index is 11.0. The Balaban J connectivity index is 2.32. The smallest absolute Gasteiger partial charge is 0.311 e. The molecule has 6 nitrogen and oxygen atoms in total. The van der Waals surface area contributed by atoms with Gasteiger partial charge in [-0.15, -0.1) is 0 Å². The van der Waals surface area contributed by atoms with E-state index in [0.717, 1.165) is 5.56 Å². The average molecular weight is 339 g/mol. The first-order valence-corrected chi connectivity index (χ1v) is 6.77. The molecule has 0 N–H and O–H groups in total. The normalized spacial score (nSPS) is 10.1. The van der Waals surface area contributed by atoms with E-state index >= 15 is 0 Å². The molecule has 0 saturated carbocycles. The van der Waals surface area contributed by atoms with Crippen LogP contribution in [0.2, 0.25) is 0 Å². The van der Waals surface area contributed by atoms with Crippen molar-refractivity contribution in [1.29, 1.82) is 0 Å². The van der Waals surface area contributed by atoms with Crippen molar-refractivity contribution >= 4 is 21.6 Å². The zero-order chi connectivity index (χ0) is 14.5. The van der Waals surface area contributed by atoms with E-state index in [4.69, 9.17) is 9.47 Å². The molecule has 1 aromatic carbocycles. The number of nitro groups is 1. The van der Waals surface area contributed by atoms with E-state index < -0.39 is 4.92 Å². The Morgan fingerprint density at radius 2 is 2.15 bits per heavy atom. The minimum Gasteiger partial charge on any atom is -0.497 e. The highest BCUT2D eigenvalue weighted by atomic mass is 79.9. The summed E-state index contributed by atoms with van der Waals surface area (Å²) >= 11 is 3.31. The fourth-order valence-electron chi connectivity index (χ4n) is 1.52. The Hall–Kier alpha value is -2.15. The first-order chi connectivity index (χ1) is 9.63. The molecule has 1 heterocycles. The lowest BCUT2D eigenvalue weighted by atomic mass is 10.3. The number of halogens is 1. The lowest BCUT2D eigenvalue weighted by Gasteiger charge is -2.07. The Morgan fingerprint density at radius 1 is 1.35 bits per heavy atom. The minimum absolute atomic E-state index is 0.0912. The number of benzene rings is 1. The molecule has 2 aromatic rings. The molecule has 2 rings (SSSR count). The van der Waals surface area contributed by atoms with Gasteiger partial charge in [0.15, 0.2) is 0 Å². The molecule has 0 spiro atoms. The molecule has 104 valence electrons. The number of pyridine rings is 1. The number of ether oxygens (including phenoxy) is 2. The highest BCUT2D eigenvalue weighted by Gasteiger charge is 2.17. The summed E-state index contributed by atoms with van der Waals surface area (Å²) in [6.07, 6.45) is 1.64. The summed E-state index contributed by atoms with van der Waals surface area (Å²) in [5, 5.41) is 11.7. The van der Waals surface area contributed by atoms with Crippen LogP contribution in [0.25, 0.3) is 0 Å². The van der Waals surface area contributed by atoms with Crippen LogP contribution < -0.4 is 9.47 Å². The molecule has 0 fully saturated rings. The van der Waals surface area contributed by atoms with E-state index in [2.05, 4.69) is 20.9 Å². The van der Waals surface area contributed by atoms with Gasteiger partial charge in [0.1, 0.15) is 5.75 Å². The average Bonchev–Trinajstić information content (AvgIpc) is 2.47. The van der Waals surface area contributed by atoms with Crippen LogP contribution in [0.4, 0.5) is 5.69 Å². The lowest BCUT2D eigenvalue weighted by molar-refractivity contribution is -0.385. The number of hydrogen-bond acceptors (Lipinski definition) is 5. The van der Waals surface area contributed by atoms with Gasteiger partial charge in [-0.25, -0.2) is 4.98 Å². The molecule has 0 amide bonds. The maximum atomic E-state index is 11.0. The molecule has 0 radical (unpaired) electrons. The number of nitrogens with zero attached hydrogens (tertiary/aromatic N) is 2. The molecule has 1 aromatic heterocycles. The van der Waals surface area contributed by atoms with Crippen LogP contribution in [0.3, 0.4) is 0 Å². The number of rotatable bonds is 5. The third-order valence-corrected chi connectivity index (χ3v) is 3.18. The fraction of sp³-hybridized carbons (Fsp3) is 0.154. The van der Waals surface area contributed by atoms with E-state index in [-0.39, 0.29) is 17.3 Å². The van der Waals surface area contributed by atoms with Gasteiger partial charge in [0, 0.05) is 29.7 Å². The van der Waals surface area contributed by atoms with Crippen molar-refractivity contribution in [1.82, 2.24) is 4.98 Å². The number of hydrogen-bond donors (Lipinski definition) is 0. The van der Waals surface area contributed by atoms with E-state index in [1.807, 2.05) is 6.07 Å². The van der Waals surface area contributed by atoms with Gasteiger partial charge in [-0.3, -0.25) is 10.1 Å². The van der Waals surface area contributed by atoms with Crippen LogP contribution >= 0.6 is 15.9 Å². The van der Waals surface area contributed by atoms with Gasteiger partial charge < -0.3 is 9.47 Å². The van der Waals surface area contributed by atoms with Gasteiger partial charge in [0.05, 0.1) is 12.0 Å². The molecule has 0 aliphatic carbocycles. The number of nitro benzene ring substituents is 1. The van der Waals surface area contributed by atoms with Crippen LogP contribution in [0.15, 0.2) is 36.5 Å². The topological polar surface area (TPSA) is 74.5 Å². The predicted molar refractivity (Wildman–Crippen MR) is 76.6 cm³/mol. The summed E-state index contributed by atoms with van der Waals surface area (Å²) in [6.45, 7) is 0. The van der Waals surface area contributed by atoms with E-state index in [9.17, 15) is 10.1 Å². The van der Waals surface area contributed by atoms with Gasteiger partial charge in [-0.1, -0.05) is 22.0 Å². The number of methoxy groups -OCH3 is 1. The summed E-state index contributed by atoms with van der Waals surface area (Å²) in [7, 11) is 1.48. The summed E-state index contributed by atoms with van der Waals surface area (Å²) in [6, 6.07) is 7.77. The molecule has 0 aliphatic heterocycles. The standard InChI is InChI=1S/C13H11BrN2O4/c1-19-10-3-4-11(16(17)18)12(6-10)20-13-5-2-9(7-14)8-15-13/h2-6,8H,7H2,1H3. The van der Waals surface area contributed by atoms with Crippen molar-refractivity contribution in [3.8, 4) is 17.4 Å². The van der Waals surface area contributed by atoms with Crippen LogP contribution in [-0.4, -0.2) is 17.0 Å². The zero-order valence-electron chi connectivity index (χ0n) is 10.6. The highest BCUT2D eigenvalue weighted by molar-refractivity contribution is 9.08. The second-order valence-corrected chi connectivity index (χ2v) is 4.39. The monoisotopic (exact) mass is 338 g/mol. The van der Waals surface area contributed by atoms with Crippen molar-refractivity contribution in [3.63, 3.8) is 0 Å². The van der Waals surface area contributed by atoms with Gasteiger partial charge in [0.25, 0.3) is 0 Å². The first-order valence-electron chi connectivity index (χ1n) is 5.65. The molecule has 0 aliphatic rings.